The average molecular weight is 412 g/mol. The second-order valence-corrected chi connectivity index (χ2v) is 6.85. The summed E-state index contributed by atoms with van der Waals surface area (Å²) in [5.41, 5.74) is 1.97. The van der Waals surface area contributed by atoms with E-state index in [1.807, 2.05) is 18.2 Å². The van der Waals surface area contributed by atoms with Gasteiger partial charge in [0.15, 0.2) is 5.69 Å². The number of hydrogen-bond acceptors (Lipinski definition) is 5. The van der Waals surface area contributed by atoms with Crippen LogP contribution in [0, 0.1) is 0 Å². The molecule has 148 valence electrons. The maximum absolute atomic E-state index is 13.1. The average Bonchev–Trinajstić information content (AvgIpc) is 3.12. The fourth-order valence-electron chi connectivity index (χ4n) is 3.25. The van der Waals surface area contributed by atoms with Crippen LogP contribution in [0.2, 0.25) is 5.02 Å². The van der Waals surface area contributed by atoms with Gasteiger partial charge in [0.25, 0.3) is 5.91 Å². The standard InChI is InChI=1S/C21H18ClN3O4/c1-28-21(27)14-5-4-8-19-15(14)13-24(11-12-29-19)20(26)17-9-10-25(23-17)18-7-3-2-6-16(18)22/h2-10H,11-13H2,1H3. The smallest absolute Gasteiger partial charge is 0.338 e. The molecule has 2 heterocycles. The Morgan fingerprint density at radius 1 is 1.14 bits per heavy atom. The maximum atomic E-state index is 13.1. The molecule has 0 fully saturated rings. The fourth-order valence-corrected chi connectivity index (χ4v) is 3.47. The Labute approximate surface area is 172 Å². The van der Waals surface area contributed by atoms with Gasteiger partial charge in [0.05, 0.1) is 36.5 Å². The number of fused-ring (bicyclic) bond motifs is 1. The first-order valence-electron chi connectivity index (χ1n) is 9.01. The van der Waals surface area contributed by atoms with Gasteiger partial charge in [-0.05, 0) is 30.3 Å². The number of methoxy groups -OCH3 is 1. The predicted molar refractivity (Wildman–Crippen MR) is 107 cm³/mol. The van der Waals surface area contributed by atoms with Gasteiger partial charge in [-0.2, -0.15) is 5.10 Å². The van der Waals surface area contributed by atoms with Crippen molar-refractivity contribution in [1.82, 2.24) is 14.7 Å². The van der Waals surface area contributed by atoms with E-state index in [9.17, 15) is 9.59 Å². The zero-order valence-corrected chi connectivity index (χ0v) is 16.4. The fraction of sp³-hybridized carbons (Fsp3) is 0.190. The van der Waals surface area contributed by atoms with E-state index in [4.69, 9.17) is 21.1 Å². The molecule has 0 saturated heterocycles. The topological polar surface area (TPSA) is 73.7 Å². The van der Waals surface area contributed by atoms with Crippen molar-refractivity contribution in [2.75, 3.05) is 20.3 Å². The van der Waals surface area contributed by atoms with Gasteiger partial charge in [-0.25, -0.2) is 9.48 Å². The summed E-state index contributed by atoms with van der Waals surface area (Å²) in [6.45, 7) is 0.903. The normalized spacial score (nSPS) is 13.2. The molecular formula is C21H18ClN3O4. The summed E-state index contributed by atoms with van der Waals surface area (Å²) >= 11 is 6.22. The van der Waals surface area contributed by atoms with Crippen LogP contribution in [0.15, 0.2) is 54.7 Å². The number of rotatable bonds is 3. The molecule has 7 nitrogen and oxygen atoms in total. The van der Waals surface area contributed by atoms with Crippen molar-refractivity contribution >= 4 is 23.5 Å². The summed E-state index contributed by atoms with van der Waals surface area (Å²) in [5.74, 6) is -0.153. The van der Waals surface area contributed by atoms with Crippen LogP contribution in [-0.4, -0.2) is 46.8 Å². The molecule has 1 aliphatic rings. The molecule has 0 spiro atoms. The van der Waals surface area contributed by atoms with E-state index in [0.29, 0.717) is 40.7 Å². The number of carbonyl (C=O) groups is 2. The lowest BCUT2D eigenvalue weighted by Gasteiger charge is -2.19. The van der Waals surface area contributed by atoms with Crippen molar-refractivity contribution in [2.24, 2.45) is 0 Å². The van der Waals surface area contributed by atoms with Gasteiger partial charge in [-0.15, -0.1) is 0 Å². The number of hydrogen-bond donors (Lipinski definition) is 0. The zero-order chi connectivity index (χ0) is 20.4. The Morgan fingerprint density at radius 3 is 2.76 bits per heavy atom. The molecule has 0 atom stereocenters. The number of benzene rings is 2. The van der Waals surface area contributed by atoms with Crippen molar-refractivity contribution in [3.8, 4) is 11.4 Å². The molecule has 0 saturated carbocycles. The molecule has 0 bridgehead atoms. The molecule has 0 N–H and O–H groups in total. The summed E-state index contributed by atoms with van der Waals surface area (Å²) in [6, 6.07) is 14.1. The van der Waals surface area contributed by atoms with Gasteiger partial charge in [-0.3, -0.25) is 4.79 Å². The number of carbonyl (C=O) groups excluding carboxylic acids is 2. The SMILES string of the molecule is COC(=O)c1cccc2c1CN(C(=O)c1ccn(-c3ccccc3Cl)n1)CCO2. The molecular weight excluding hydrogens is 394 g/mol. The molecule has 2 aromatic carbocycles. The third kappa shape index (κ3) is 3.69. The van der Waals surface area contributed by atoms with E-state index < -0.39 is 5.97 Å². The summed E-state index contributed by atoms with van der Waals surface area (Å²) in [6.07, 6.45) is 1.69. The Hall–Kier alpha value is -3.32. The highest BCUT2D eigenvalue weighted by Gasteiger charge is 2.26. The number of esters is 1. The first-order chi connectivity index (χ1) is 14.1. The Morgan fingerprint density at radius 2 is 1.97 bits per heavy atom. The molecule has 3 aromatic rings. The zero-order valence-electron chi connectivity index (χ0n) is 15.7. The van der Waals surface area contributed by atoms with Gasteiger partial charge >= 0.3 is 5.97 Å². The van der Waals surface area contributed by atoms with Crippen molar-refractivity contribution in [1.29, 1.82) is 0 Å². The molecule has 1 aliphatic heterocycles. The third-order valence-corrected chi connectivity index (χ3v) is 5.02. The van der Waals surface area contributed by atoms with Crippen LogP contribution in [0.3, 0.4) is 0 Å². The minimum absolute atomic E-state index is 0.221. The Balaban J connectivity index is 1.62. The number of aromatic nitrogens is 2. The van der Waals surface area contributed by atoms with Crippen molar-refractivity contribution in [3.05, 3.63) is 76.6 Å². The highest BCUT2D eigenvalue weighted by molar-refractivity contribution is 6.32. The van der Waals surface area contributed by atoms with Crippen LogP contribution < -0.4 is 4.74 Å². The quantitative estimate of drug-likeness (QED) is 0.618. The summed E-state index contributed by atoms with van der Waals surface area (Å²) in [7, 11) is 1.32. The largest absolute Gasteiger partial charge is 0.491 e. The molecule has 4 rings (SSSR count). The lowest BCUT2D eigenvalue weighted by atomic mass is 10.1. The second kappa shape index (κ2) is 7.97. The van der Waals surface area contributed by atoms with E-state index in [0.717, 1.165) is 0 Å². The minimum Gasteiger partial charge on any atom is -0.491 e. The number of amides is 1. The number of nitrogens with zero attached hydrogens (tertiary/aromatic N) is 3. The Kier molecular flexibility index (Phi) is 5.22. The predicted octanol–water partition coefficient (Wildman–Crippen LogP) is 3.35. The summed E-state index contributed by atoms with van der Waals surface area (Å²) in [4.78, 5) is 26.8. The number of para-hydroxylation sites is 1. The van der Waals surface area contributed by atoms with Gasteiger partial charge in [-0.1, -0.05) is 29.8 Å². The van der Waals surface area contributed by atoms with Gasteiger partial charge in [0, 0.05) is 11.8 Å². The Bertz CT molecular complexity index is 1080. The van der Waals surface area contributed by atoms with Crippen LogP contribution in [-0.2, 0) is 11.3 Å². The van der Waals surface area contributed by atoms with Crippen LogP contribution in [0.4, 0.5) is 0 Å². The van der Waals surface area contributed by atoms with Gasteiger partial charge in [0.2, 0.25) is 0 Å². The lowest BCUT2D eigenvalue weighted by Crippen LogP contribution is -2.33. The van der Waals surface area contributed by atoms with Gasteiger partial charge < -0.3 is 14.4 Å². The molecule has 1 aromatic heterocycles. The number of ether oxygens (including phenoxy) is 2. The van der Waals surface area contributed by atoms with Crippen LogP contribution in [0.1, 0.15) is 26.4 Å². The highest BCUT2D eigenvalue weighted by Crippen LogP contribution is 2.28. The molecule has 29 heavy (non-hydrogen) atoms. The van der Waals surface area contributed by atoms with Crippen LogP contribution >= 0.6 is 11.6 Å². The first-order valence-corrected chi connectivity index (χ1v) is 9.39. The maximum Gasteiger partial charge on any atom is 0.338 e. The summed E-state index contributed by atoms with van der Waals surface area (Å²) < 4.78 is 12.2. The van der Waals surface area contributed by atoms with Crippen molar-refractivity contribution in [3.63, 3.8) is 0 Å². The monoisotopic (exact) mass is 411 g/mol. The van der Waals surface area contributed by atoms with E-state index in [1.54, 1.807) is 46.1 Å². The van der Waals surface area contributed by atoms with E-state index in [-0.39, 0.29) is 18.1 Å². The number of halogens is 1. The van der Waals surface area contributed by atoms with Gasteiger partial charge in [0.1, 0.15) is 12.4 Å². The first kappa shape index (κ1) is 19.0. The highest BCUT2D eigenvalue weighted by atomic mass is 35.5. The molecule has 0 aliphatic carbocycles. The molecule has 1 amide bonds. The van der Waals surface area contributed by atoms with E-state index in [1.165, 1.54) is 7.11 Å². The van der Waals surface area contributed by atoms with Crippen LogP contribution in [0.5, 0.6) is 5.75 Å². The van der Waals surface area contributed by atoms with E-state index >= 15 is 0 Å². The van der Waals surface area contributed by atoms with E-state index in [2.05, 4.69) is 5.10 Å². The molecule has 8 heteroatoms. The molecule has 0 radical (unpaired) electrons. The van der Waals surface area contributed by atoms with Crippen LogP contribution in [0.25, 0.3) is 5.69 Å². The second-order valence-electron chi connectivity index (χ2n) is 6.45. The third-order valence-electron chi connectivity index (χ3n) is 4.70. The van der Waals surface area contributed by atoms with Crippen molar-refractivity contribution in [2.45, 2.75) is 6.54 Å². The lowest BCUT2D eigenvalue weighted by molar-refractivity contribution is 0.0594. The summed E-state index contributed by atoms with van der Waals surface area (Å²) in [5, 5.41) is 4.92. The minimum atomic E-state index is -0.470. The van der Waals surface area contributed by atoms with Crippen molar-refractivity contribution < 1.29 is 19.1 Å². The molecule has 0 unspecified atom stereocenters.